The number of primary amides is 1. The molecular formula is C17H16N2O4. The highest BCUT2D eigenvalue weighted by Gasteiger charge is 2.18. The van der Waals surface area contributed by atoms with Crippen LogP contribution < -0.4 is 15.2 Å². The summed E-state index contributed by atoms with van der Waals surface area (Å²) in [6, 6.07) is 12.0. The molecule has 0 aliphatic carbocycles. The molecule has 1 aliphatic heterocycles. The molecule has 0 saturated heterocycles. The summed E-state index contributed by atoms with van der Waals surface area (Å²) in [5, 5.41) is 0. The molecule has 2 amide bonds. The number of carbonyl (C=O) groups is 2. The van der Waals surface area contributed by atoms with Crippen molar-refractivity contribution in [1.82, 2.24) is 4.90 Å². The molecule has 0 fully saturated rings. The summed E-state index contributed by atoms with van der Waals surface area (Å²) in [6.07, 6.45) is 0. The van der Waals surface area contributed by atoms with Crippen molar-refractivity contribution in [2.45, 2.75) is 6.54 Å². The van der Waals surface area contributed by atoms with E-state index in [1.807, 2.05) is 0 Å². The zero-order valence-corrected chi connectivity index (χ0v) is 12.6. The summed E-state index contributed by atoms with van der Waals surface area (Å²) in [5.41, 5.74) is 7.09. The van der Waals surface area contributed by atoms with Gasteiger partial charge in [-0.1, -0.05) is 12.1 Å². The van der Waals surface area contributed by atoms with E-state index in [2.05, 4.69) is 0 Å². The minimum absolute atomic E-state index is 0.123. The van der Waals surface area contributed by atoms with Crippen LogP contribution in [-0.4, -0.2) is 30.6 Å². The van der Waals surface area contributed by atoms with E-state index in [4.69, 9.17) is 15.2 Å². The maximum absolute atomic E-state index is 12.5. The SMILES string of the molecule is CN(Cc1ccc(C(N)=O)cc1)C(=O)c1ccc2c(c1)OCO2. The van der Waals surface area contributed by atoms with Gasteiger partial charge in [0.15, 0.2) is 11.5 Å². The molecule has 0 unspecified atom stereocenters. The van der Waals surface area contributed by atoms with Gasteiger partial charge in [-0.2, -0.15) is 0 Å². The molecule has 23 heavy (non-hydrogen) atoms. The molecule has 0 spiro atoms. The molecule has 118 valence electrons. The third-order valence-electron chi connectivity index (χ3n) is 3.62. The first-order valence-corrected chi connectivity index (χ1v) is 7.08. The molecule has 1 aliphatic rings. The number of rotatable bonds is 4. The Morgan fingerprint density at radius 1 is 1.04 bits per heavy atom. The largest absolute Gasteiger partial charge is 0.454 e. The van der Waals surface area contributed by atoms with Gasteiger partial charge in [-0.15, -0.1) is 0 Å². The molecule has 1 heterocycles. The monoisotopic (exact) mass is 312 g/mol. The van der Waals surface area contributed by atoms with E-state index in [-0.39, 0.29) is 12.7 Å². The average Bonchev–Trinajstić information content (AvgIpc) is 3.02. The number of amides is 2. The highest BCUT2D eigenvalue weighted by Crippen LogP contribution is 2.32. The van der Waals surface area contributed by atoms with Crippen molar-refractivity contribution in [3.8, 4) is 11.5 Å². The first-order chi connectivity index (χ1) is 11.0. The second-order valence-electron chi connectivity index (χ2n) is 5.29. The van der Waals surface area contributed by atoms with E-state index < -0.39 is 5.91 Å². The number of ether oxygens (including phenoxy) is 2. The smallest absolute Gasteiger partial charge is 0.254 e. The Kier molecular flexibility index (Phi) is 3.89. The van der Waals surface area contributed by atoms with Crippen LogP contribution in [0, 0.1) is 0 Å². The first kappa shape index (κ1) is 14.9. The van der Waals surface area contributed by atoms with Crippen LogP contribution in [0.5, 0.6) is 11.5 Å². The number of nitrogens with zero attached hydrogens (tertiary/aromatic N) is 1. The second-order valence-corrected chi connectivity index (χ2v) is 5.29. The summed E-state index contributed by atoms with van der Waals surface area (Å²) in [5.74, 6) is 0.630. The van der Waals surface area contributed by atoms with Gasteiger partial charge in [-0.25, -0.2) is 0 Å². The van der Waals surface area contributed by atoms with E-state index >= 15 is 0 Å². The van der Waals surface area contributed by atoms with Crippen LogP contribution in [0.1, 0.15) is 26.3 Å². The molecular weight excluding hydrogens is 296 g/mol. The molecule has 2 aromatic carbocycles. The van der Waals surface area contributed by atoms with E-state index in [1.54, 1.807) is 54.4 Å². The van der Waals surface area contributed by atoms with Crippen LogP contribution in [0.2, 0.25) is 0 Å². The second kappa shape index (κ2) is 6.00. The lowest BCUT2D eigenvalue weighted by Gasteiger charge is -2.17. The minimum atomic E-state index is -0.471. The van der Waals surface area contributed by atoms with Gasteiger partial charge in [0.1, 0.15) is 0 Å². The van der Waals surface area contributed by atoms with Gasteiger partial charge >= 0.3 is 0 Å². The van der Waals surface area contributed by atoms with Crippen molar-refractivity contribution in [2.24, 2.45) is 5.73 Å². The summed E-state index contributed by atoms with van der Waals surface area (Å²) in [6.45, 7) is 0.599. The summed E-state index contributed by atoms with van der Waals surface area (Å²) in [7, 11) is 1.72. The van der Waals surface area contributed by atoms with Crippen LogP contribution in [0.4, 0.5) is 0 Å². The van der Waals surface area contributed by atoms with Crippen molar-refractivity contribution in [1.29, 1.82) is 0 Å². The van der Waals surface area contributed by atoms with Crippen molar-refractivity contribution in [3.63, 3.8) is 0 Å². The number of carbonyl (C=O) groups excluding carboxylic acids is 2. The predicted molar refractivity (Wildman–Crippen MR) is 83.3 cm³/mol. The molecule has 6 nitrogen and oxygen atoms in total. The van der Waals surface area contributed by atoms with Gasteiger partial charge in [0.25, 0.3) is 5.91 Å². The van der Waals surface area contributed by atoms with Crippen molar-refractivity contribution < 1.29 is 19.1 Å². The molecule has 0 radical (unpaired) electrons. The lowest BCUT2D eigenvalue weighted by atomic mass is 10.1. The van der Waals surface area contributed by atoms with Gasteiger partial charge in [0, 0.05) is 24.7 Å². The van der Waals surface area contributed by atoms with Gasteiger partial charge in [0.2, 0.25) is 12.7 Å². The molecule has 3 rings (SSSR count). The summed E-state index contributed by atoms with van der Waals surface area (Å²) < 4.78 is 10.5. The zero-order valence-electron chi connectivity index (χ0n) is 12.6. The Morgan fingerprint density at radius 2 is 1.70 bits per heavy atom. The molecule has 0 atom stereocenters. The van der Waals surface area contributed by atoms with Crippen LogP contribution in [0.25, 0.3) is 0 Å². The predicted octanol–water partition coefficient (Wildman–Crippen LogP) is 1.79. The van der Waals surface area contributed by atoms with Crippen molar-refractivity contribution >= 4 is 11.8 Å². The van der Waals surface area contributed by atoms with Gasteiger partial charge < -0.3 is 20.1 Å². The Balaban J connectivity index is 1.71. The highest BCUT2D eigenvalue weighted by atomic mass is 16.7. The fraction of sp³-hybridized carbons (Fsp3) is 0.176. The molecule has 0 saturated carbocycles. The Hall–Kier alpha value is -3.02. The van der Waals surface area contributed by atoms with Gasteiger partial charge in [-0.05, 0) is 35.9 Å². The molecule has 2 N–H and O–H groups in total. The maximum atomic E-state index is 12.5. The van der Waals surface area contributed by atoms with Crippen LogP contribution in [0.3, 0.4) is 0 Å². The van der Waals surface area contributed by atoms with Crippen LogP contribution in [-0.2, 0) is 6.54 Å². The lowest BCUT2D eigenvalue weighted by Crippen LogP contribution is -2.26. The topological polar surface area (TPSA) is 81.9 Å². The van der Waals surface area contributed by atoms with Gasteiger partial charge in [0.05, 0.1) is 0 Å². The fourth-order valence-electron chi connectivity index (χ4n) is 2.37. The lowest BCUT2D eigenvalue weighted by molar-refractivity contribution is 0.0784. The van der Waals surface area contributed by atoms with E-state index in [9.17, 15) is 9.59 Å². The number of fused-ring (bicyclic) bond motifs is 1. The Labute approximate surface area is 133 Å². The third-order valence-corrected chi connectivity index (χ3v) is 3.62. The third kappa shape index (κ3) is 3.11. The van der Waals surface area contributed by atoms with Crippen molar-refractivity contribution in [2.75, 3.05) is 13.8 Å². The van der Waals surface area contributed by atoms with Crippen LogP contribution in [0.15, 0.2) is 42.5 Å². The zero-order chi connectivity index (χ0) is 16.4. The minimum Gasteiger partial charge on any atom is -0.454 e. The maximum Gasteiger partial charge on any atom is 0.254 e. The van der Waals surface area contributed by atoms with E-state index in [0.29, 0.717) is 29.2 Å². The highest BCUT2D eigenvalue weighted by molar-refractivity contribution is 5.95. The number of hydrogen-bond donors (Lipinski definition) is 1. The Bertz CT molecular complexity index is 756. The molecule has 2 aromatic rings. The molecule has 0 aromatic heterocycles. The van der Waals surface area contributed by atoms with Gasteiger partial charge in [-0.3, -0.25) is 9.59 Å². The summed E-state index contributed by atoms with van der Waals surface area (Å²) in [4.78, 5) is 25.1. The molecule has 0 bridgehead atoms. The molecule has 6 heteroatoms. The number of hydrogen-bond acceptors (Lipinski definition) is 4. The first-order valence-electron chi connectivity index (χ1n) is 7.08. The standard InChI is InChI=1S/C17H16N2O4/c1-19(9-11-2-4-12(5-3-11)16(18)20)17(21)13-6-7-14-15(8-13)23-10-22-14/h2-8H,9-10H2,1H3,(H2,18,20). The number of benzene rings is 2. The fourth-order valence-corrected chi connectivity index (χ4v) is 2.37. The Morgan fingerprint density at radius 3 is 2.39 bits per heavy atom. The number of nitrogens with two attached hydrogens (primary N) is 1. The average molecular weight is 312 g/mol. The van der Waals surface area contributed by atoms with Crippen molar-refractivity contribution in [3.05, 3.63) is 59.2 Å². The van der Waals surface area contributed by atoms with Crippen LogP contribution >= 0.6 is 0 Å². The summed E-state index contributed by atoms with van der Waals surface area (Å²) >= 11 is 0. The van der Waals surface area contributed by atoms with E-state index in [1.165, 1.54) is 0 Å². The quantitative estimate of drug-likeness (QED) is 0.933. The normalized spacial score (nSPS) is 12.0. The van der Waals surface area contributed by atoms with E-state index in [0.717, 1.165) is 5.56 Å².